The van der Waals surface area contributed by atoms with Gasteiger partial charge in [0.25, 0.3) is 0 Å². The molecule has 30 heavy (non-hydrogen) atoms. The van der Waals surface area contributed by atoms with Gasteiger partial charge in [-0.05, 0) is 18.6 Å². The van der Waals surface area contributed by atoms with Crippen LogP contribution in [-0.4, -0.2) is 42.0 Å². The summed E-state index contributed by atoms with van der Waals surface area (Å²) in [4.78, 5) is 13.6. The fourth-order valence-corrected chi connectivity index (χ4v) is 4.30. The second-order valence-electron chi connectivity index (χ2n) is 7.23. The van der Waals surface area contributed by atoms with Crippen LogP contribution in [0.5, 0.6) is 0 Å². The maximum absolute atomic E-state index is 6.17. The molecule has 4 rings (SSSR count). The number of oxime groups is 1. The average Bonchev–Trinajstić information content (AvgIpc) is 3.16. The van der Waals surface area contributed by atoms with Crippen molar-refractivity contribution in [1.29, 1.82) is 0 Å². The van der Waals surface area contributed by atoms with Gasteiger partial charge >= 0.3 is 0 Å². The Hall–Kier alpha value is -2.74. The molecule has 2 aromatic carbocycles. The third-order valence-corrected chi connectivity index (χ3v) is 6.18. The molecular formula is C23H26N4O2S. The second kappa shape index (κ2) is 9.84. The molecule has 1 aliphatic heterocycles. The van der Waals surface area contributed by atoms with E-state index in [2.05, 4.69) is 39.3 Å². The quantitative estimate of drug-likeness (QED) is 0.356. The number of thiazole rings is 1. The minimum atomic E-state index is 0.352. The van der Waals surface area contributed by atoms with E-state index >= 15 is 0 Å². The maximum atomic E-state index is 6.17. The smallest absolute Gasteiger partial charge is 0.170 e. The third-order valence-electron chi connectivity index (χ3n) is 5.00. The standard InChI is InChI=1S/C23H26N4O2S/c1-17-21(30-23(25-17)19-7-3-2-4-8-19)16-29-26-22(24)20-9-5-6-18(14-20)15-27-10-12-28-13-11-27/h2-9,14H,10-13,15-16H2,1H3,(H2,24,26). The zero-order valence-electron chi connectivity index (χ0n) is 17.1. The molecule has 1 saturated heterocycles. The first-order valence-electron chi connectivity index (χ1n) is 10.1. The molecule has 6 nitrogen and oxygen atoms in total. The van der Waals surface area contributed by atoms with Gasteiger partial charge in [-0.2, -0.15) is 0 Å². The number of ether oxygens (including phenoxy) is 1. The number of benzene rings is 2. The molecule has 1 aliphatic rings. The summed E-state index contributed by atoms with van der Waals surface area (Å²) in [5, 5.41) is 5.13. The highest BCUT2D eigenvalue weighted by atomic mass is 32.1. The van der Waals surface area contributed by atoms with Crippen LogP contribution in [0, 0.1) is 6.92 Å². The lowest BCUT2D eigenvalue weighted by Gasteiger charge is -2.26. The molecule has 1 fully saturated rings. The van der Waals surface area contributed by atoms with E-state index in [0.29, 0.717) is 12.4 Å². The molecule has 0 atom stereocenters. The summed E-state index contributed by atoms with van der Waals surface area (Å²) in [5.74, 6) is 0.379. The molecule has 156 valence electrons. The van der Waals surface area contributed by atoms with Gasteiger partial charge < -0.3 is 15.3 Å². The lowest BCUT2D eigenvalue weighted by atomic mass is 10.1. The Morgan fingerprint density at radius 2 is 1.97 bits per heavy atom. The number of nitrogens with two attached hydrogens (primary N) is 1. The van der Waals surface area contributed by atoms with Crippen molar-refractivity contribution >= 4 is 17.2 Å². The van der Waals surface area contributed by atoms with Crippen LogP contribution < -0.4 is 5.73 Å². The summed E-state index contributed by atoms with van der Waals surface area (Å²) in [7, 11) is 0. The van der Waals surface area contributed by atoms with Gasteiger partial charge in [0.2, 0.25) is 0 Å². The van der Waals surface area contributed by atoms with Gasteiger partial charge in [-0.1, -0.05) is 53.7 Å². The normalized spacial score (nSPS) is 15.3. The molecule has 7 heteroatoms. The molecule has 2 N–H and O–H groups in total. The van der Waals surface area contributed by atoms with E-state index in [1.165, 1.54) is 5.56 Å². The minimum absolute atomic E-state index is 0.352. The van der Waals surface area contributed by atoms with Crippen molar-refractivity contribution in [3.8, 4) is 10.6 Å². The van der Waals surface area contributed by atoms with Crippen molar-refractivity contribution in [2.75, 3.05) is 26.3 Å². The van der Waals surface area contributed by atoms with Crippen LogP contribution in [0.4, 0.5) is 0 Å². The highest BCUT2D eigenvalue weighted by Gasteiger charge is 2.12. The predicted octanol–water partition coefficient (Wildman–Crippen LogP) is 3.79. The van der Waals surface area contributed by atoms with E-state index in [0.717, 1.165) is 59.6 Å². The van der Waals surface area contributed by atoms with Crippen molar-refractivity contribution in [1.82, 2.24) is 9.88 Å². The van der Waals surface area contributed by atoms with E-state index in [-0.39, 0.29) is 0 Å². The molecule has 0 unspecified atom stereocenters. The van der Waals surface area contributed by atoms with E-state index in [1.54, 1.807) is 11.3 Å². The number of hydrogen-bond acceptors (Lipinski definition) is 6. The molecule has 0 aliphatic carbocycles. The van der Waals surface area contributed by atoms with E-state index in [9.17, 15) is 0 Å². The van der Waals surface area contributed by atoms with E-state index < -0.39 is 0 Å². The number of hydrogen-bond donors (Lipinski definition) is 1. The number of nitrogens with zero attached hydrogens (tertiary/aromatic N) is 3. The summed E-state index contributed by atoms with van der Waals surface area (Å²) in [6.45, 7) is 6.72. The van der Waals surface area contributed by atoms with Crippen LogP contribution in [0.2, 0.25) is 0 Å². The molecule has 3 aromatic rings. The largest absolute Gasteiger partial charge is 0.388 e. The summed E-state index contributed by atoms with van der Waals surface area (Å²) >= 11 is 1.62. The van der Waals surface area contributed by atoms with Gasteiger partial charge in [0.15, 0.2) is 12.4 Å². The van der Waals surface area contributed by atoms with Crippen LogP contribution in [0.15, 0.2) is 59.8 Å². The Bertz CT molecular complexity index is 997. The molecule has 0 amide bonds. The van der Waals surface area contributed by atoms with Gasteiger partial charge in [0.1, 0.15) is 5.01 Å². The first-order valence-corrected chi connectivity index (χ1v) is 10.9. The first kappa shape index (κ1) is 20.5. The summed E-state index contributed by atoms with van der Waals surface area (Å²) in [6.07, 6.45) is 0. The minimum Gasteiger partial charge on any atom is -0.388 e. The molecule has 0 saturated carbocycles. The van der Waals surface area contributed by atoms with Crippen LogP contribution in [0.3, 0.4) is 0 Å². The summed E-state index contributed by atoms with van der Waals surface area (Å²) in [5.41, 5.74) is 10.3. The van der Waals surface area contributed by atoms with Crippen molar-refractivity contribution in [3.63, 3.8) is 0 Å². The Balaban J connectivity index is 1.38. The molecule has 0 bridgehead atoms. The van der Waals surface area contributed by atoms with Gasteiger partial charge in [0.05, 0.1) is 23.8 Å². The number of rotatable bonds is 7. The Morgan fingerprint density at radius 1 is 1.17 bits per heavy atom. The monoisotopic (exact) mass is 422 g/mol. The molecule has 0 spiro atoms. The van der Waals surface area contributed by atoms with Gasteiger partial charge in [-0.15, -0.1) is 11.3 Å². The summed E-state index contributed by atoms with van der Waals surface area (Å²) in [6, 6.07) is 18.3. The fourth-order valence-electron chi connectivity index (χ4n) is 3.33. The molecule has 2 heterocycles. The van der Waals surface area contributed by atoms with Crippen LogP contribution in [0.1, 0.15) is 21.7 Å². The molecular weight excluding hydrogens is 396 g/mol. The van der Waals surface area contributed by atoms with E-state index in [1.807, 2.05) is 37.3 Å². The number of aryl methyl sites for hydroxylation is 1. The highest BCUT2D eigenvalue weighted by Crippen LogP contribution is 2.28. The number of aromatic nitrogens is 1. The number of amidine groups is 1. The molecule has 1 aromatic heterocycles. The zero-order chi connectivity index (χ0) is 20.8. The molecule has 0 radical (unpaired) electrons. The SMILES string of the molecule is Cc1nc(-c2ccccc2)sc1CO/N=C(\N)c1cccc(CN2CCOCC2)c1. The van der Waals surface area contributed by atoms with Crippen LogP contribution >= 0.6 is 11.3 Å². The van der Waals surface area contributed by atoms with Gasteiger partial charge in [0, 0.05) is 30.8 Å². The zero-order valence-corrected chi connectivity index (χ0v) is 17.9. The average molecular weight is 423 g/mol. The lowest BCUT2D eigenvalue weighted by Crippen LogP contribution is -2.35. The van der Waals surface area contributed by atoms with Crippen molar-refractivity contribution in [2.45, 2.75) is 20.1 Å². The van der Waals surface area contributed by atoms with Gasteiger partial charge in [-0.3, -0.25) is 4.90 Å². The van der Waals surface area contributed by atoms with Crippen molar-refractivity contribution < 1.29 is 9.57 Å². The Labute approximate surface area is 180 Å². The maximum Gasteiger partial charge on any atom is 0.170 e. The number of morpholine rings is 1. The lowest BCUT2D eigenvalue weighted by molar-refractivity contribution is 0.0342. The predicted molar refractivity (Wildman–Crippen MR) is 120 cm³/mol. The summed E-state index contributed by atoms with van der Waals surface area (Å²) < 4.78 is 5.41. The second-order valence-corrected chi connectivity index (χ2v) is 8.32. The Morgan fingerprint density at radius 3 is 2.77 bits per heavy atom. The van der Waals surface area contributed by atoms with E-state index in [4.69, 9.17) is 15.3 Å². The van der Waals surface area contributed by atoms with Crippen LogP contribution in [-0.2, 0) is 22.7 Å². The fraction of sp³-hybridized carbons (Fsp3) is 0.304. The third kappa shape index (κ3) is 5.24. The first-order chi connectivity index (χ1) is 14.7. The topological polar surface area (TPSA) is 73.0 Å². The van der Waals surface area contributed by atoms with Gasteiger partial charge in [-0.25, -0.2) is 4.98 Å². The van der Waals surface area contributed by atoms with Crippen LogP contribution in [0.25, 0.3) is 10.6 Å². The van der Waals surface area contributed by atoms with Crippen molar-refractivity contribution in [3.05, 3.63) is 76.3 Å². The highest BCUT2D eigenvalue weighted by molar-refractivity contribution is 7.15. The Kier molecular flexibility index (Phi) is 6.74. The van der Waals surface area contributed by atoms with Crippen molar-refractivity contribution in [2.24, 2.45) is 10.9 Å².